The van der Waals surface area contributed by atoms with Gasteiger partial charge < -0.3 is 14.2 Å². The molecule has 0 fully saturated rings. The number of ether oxygens (including phenoxy) is 1. The van der Waals surface area contributed by atoms with Crippen molar-refractivity contribution in [2.45, 2.75) is 57.8 Å². The van der Waals surface area contributed by atoms with Gasteiger partial charge in [0.2, 0.25) is 6.71 Å². The summed E-state index contributed by atoms with van der Waals surface area (Å²) in [5.74, 6) is 1.25. The van der Waals surface area contributed by atoms with Crippen molar-refractivity contribution in [3.05, 3.63) is 258 Å². The zero-order valence-electron chi connectivity index (χ0n) is 54.2. The van der Waals surface area contributed by atoms with E-state index in [2.05, 4.69) is 101 Å². The summed E-state index contributed by atoms with van der Waals surface area (Å²) in [6.07, 6.45) is 0. The van der Waals surface area contributed by atoms with Crippen LogP contribution in [0.3, 0.4) is 0 Å². The average Bonchev–Trinajstić information content (AvgIpc) is 0.712. The molecule has 1 aromatic heterocycles. The molecule has 0 saturated heterocycles. The van der Waals surface area contributed by atoms with Gasteiger partial charge in [-0.1, -0.05) is 217 Å². The van der Waals surface area contributed by atoms with Gasteiger partial charge in [0.05, 0.1) is 40.0 Å². The molecule has 4 heteroatoms. The van der Waals surface area contributed by atoms with Crippen LogP contribution >= 0.6 is 0 Å². The van der Waals surface area contributed by atoms with Crippen molar-refractivity contribution in [1.29, 1.82) is 0 Å². The molecule has 0 unspecified atom stereocenters. The third-order valence-corrected chi connectivity index (χ3v) is 15.4. The monoisotopic (exact) mass is 952 g/mol. The lowest BCUT2D eigenvalue weighted by atomic mass is 9.29. The Hall–Kier alpha value is -8.34. The Kier molecular flexibility index (Phi) is 6.91. The van der Waals surface area contributed by atoms with Crippen LogP contribution in [0.2, 0.25) is 0 Å². The summed E-state index contributed by atoms with van der Waals surface area (Å²) in [6, 6.07) is 43.4. The second kappa shape index (κ2) is 15.8. The quantitative estimate of drug-likeness (QED) is 0.164. The number of hydrogen-bond donors (Lipinski definition) is 0. The molecule has 0 saturated carbocycles. The van der Waals surface area contributed by atoms with E-state index in [1.165, 1.54) is 0 Å². The van der Waals surface area contributed by atoms with Crippen molar-refractivity contribution in [3.8, 4) is 39.4 Å². The molecule has 350 valence electrons. The van der Waals surface area contributed by atoms with E-state index in [9.17, 15) is 8.22 Å². The summed E-state index contributed by atoms with van der Waals surface area (Å²) in [5, 5.41) is -0.0556. The van der Waals surface area contributed by atoms with Gasteiger partial charge in [-0.05, 0) is 115 Å². The van der Waals surface area contributed by atoms with Crippen LogP contribution in [0.25, 0.3) is 49.7 Å². The maximum Gasteiger partial charge on any atom is 0.247 e. The van der Waals surface area contributed by atoms with Crippen LogP contribution in [0.5, 0.6) is 11.5 Å². The Morgan fingerprint density at radius 3 is 1.74 bits per heavy atom. The highest BCUT2D eigenvalue weighted by Gasteiger charge is 2.55. The maximum atomic E-state index is 9.54. The van der Waals surface area contributed by atoms with E-state index in [-0.39, 0.29) is 44.9 Å². The molecule has 0 atom stereocenters. The first-order valence-corrected chi connectivity index (χ1v) is 24.8. The van der Waals surface area contributed by atoms with E-state index < -0.39 is 84.0 Å². The molecule has 4 heterocycles. The van der Waals surface area contributed by atoms with Crippen molar-refractivity contribution in [2.24, 2.45) is 0 Å². The van der Waals surface area contributed by atoms with Crippen LogP contribution in [-0.4, -0.2) is 11.3 Å². The molecule has 10 aromatic carbocycles. The number of nitrogens with zero attached hydrogens (tertiary/aromatic N) is 2. The zero-order chi connectivity index (χ0) is 60.7. The number of hydrogen-bond acceptors (Lipinski definition) is 2. The lowest BCUT2D eigenvalue weighted by molar-refractivity contribution is 0.435. The van der Waals surface area contributed by atoms with Crippen molar-refractivity contribution in [1.82, 2.24) is 4.57 Å². The van der Waals surface area contributed by atoms with Gasteiger partial charge in [-0.25, -0.2) is 0 Å². The van der Waals surface area contributed by atoms with E-state index in [1.807, 2.05) is 91.0 Å². The predicted octanol–water partition coefficient (Wildman–Crippen LogP) is 15.8. The van der Waals surface area contributed by atoms with Crippen molar-refractivity contribution in [3.63, 3.8) is 0 Å². The number of anilines is 3. The summed E-state index contributed by atoms with van der Waals surface area (Å²) in [7, 11) is 0. The fourth-order valence-corrected chi connectivity index (χ4v) is 12.0. The third-order valence-electron chi connectivity index (χ3n) is 15.4. The number of fused-ring (bicyclic) bond motifs is 13. The summed E-state index contributed by atoms with van der Waals surface area (Å²) in [4.78, 5) is 2.30. The molecule has 0 amide bonds. The second-order valence-corrected chi connectivity index (χ2v) is 21.5. The number of rotatable bonds is 4. The lowest BCUT2D eigenvalue weighted by Gasteiger charge is -2.51. The molecule has 0 N–H and O–H groups in total. The Balaban J connectivity index is 1.20. The van der Waals surface area contributed by atoms with Crippen molar-refractivity contribution in [2.75, 3.05) is 4.90 Å². The topological polar surface area (TPSA) is 17.4 Å². The highest BCUT2D eigenvalue weighted by atomic mass is 16.5. The van der Waals surface area contributed by atoms with Gasteiger partial charge in [0, 0.05) is 44.5 Å². The summed E-state index contributed by atoms with van der Waals surface area (Å²) < 4.78 is 127. The SMILES string of the molecule is [2H]c1c([2H])c([2H])c(-c2ccc3c(c2)C2(c4ccccc4Oc4ccccc42)c2cc(C(C)(C)C)cc4c2B3c2ccc(-n3c5c([2H])c([2H])c([2H])c([2H])c5c5c([2H])c([2H])c([2H])c([2H])c53)cc2N4c2ccc(C(C)(C)C)cc2-c2ccccc2)c([2H])c1[2H]. The first-order chi connectivity index (χ1) is 40.9. The summed E-state index contributed by atoms with van der Waals surface area (Å²) in [5.41, 5.74) is 11.4. The van der Waals surface area contributed by atoms with E-state index in [4.69, 9.17) is 14.3 Å². The normalized spacial score (nSPS) is 16.5. The first kappa shape index (κ1) is 31.9. The molecule has 14 rings (SSSR count). The number of benzene rings is 10. The van der Waals surface area contributed by atoms with Crippen LogP contribution < -0.4 is 26.0 Å². The molecule has 11 aromatic rings. The van der Waals surface area contributed by atoms with Gasteiger partial charge in [-0.2, -0.15) is 0 Å². The molecule has 3 aliphatic rings. The molecule has 73 heavy (non-hydrogen) atoms. The standard InChI is InChI=1S/C69H55BN2O/c1-67(2,3)47-34-38-61(52(40-47)45-23-11-8-12-24-45)72-62-43-49(71-59-29-17-13-25-50(59)51-26-14-18-30-60(51)71)35-37-58(62)70-57-36-33-46(44-21-9-7-10-22-44)39-55(57)69(56-41-48(68(4,5)6)42-63(72)66(56)70)53-27-15-19-31-64(53)73-65-32-20-16-28-54(65)69/h7-43H,1-6H3/i7D,9D,10D,13D,14D,17D,18D,21D,22D,25D,26D,29D,30D. The Bertz CT molecular complexity index is 4680. The van der Waals surface area contributed by atoms with Crippen LogP contribution in [0.1, 0.15) is 92.7 Å². The Labute approximate surface area is 447 Å². The average molecular weight is 952 g/mol. The smallest absolute Gasteiger partial charge is 0.247 e. The van der Waals surface area contributed by atoms with E-state index >= 15 is 0 Å². The minimum atomic E-state index is -1.18. The molecule has 3 nitrogen and oxygen atoms in total. The summed E-state index contributed by atoms with van der Waals surface area (Å²) in [6.45, 7) is 12.5. The fraction of sp³-hybridized carbons (Fsp3) is 0.130. The molecule has 3 aliphatic heterocycles. The van der Waals surface area contributed by atoms with Crippen molar-refractivity contribution < 1.29 is 22.6 Å². The van der Waals surface area contributed by atoms with E-state index in [0.717, 1.165) is 72.3 Å². The predicted molar refractivity (Wildman–Crippen MR) is 307 cm³/mol. The van der Waals surface area contributed by atoms with Crippen molar-refractivity contribution >= 4 is 62.0 Å². The minimum Gasteiger partial charge on any atom is -0.457 e. The minimum absolute atomic E-state index is 0.000464. The number of para-hydroxylation sites is 4. The third kappa shape index (κ3) is 6.39. The molecule has 1 spiro atoms. The van der Waals surface area contributed by atoms with Gasteiger partial charge in [0.25, 0.3) is 0 Å². The molecular weight excluding hydrogens is 884 g/mol. The van der Waals surface area contributed by atoms with Gasteiger partial charge in [0.1, 0.15) is 11.5 Å². The molecule has 0 aliphatic carbocycles. The Morgan fingerprint density at radius 1 is 0.452 bits per heavy atom. The van der Waals surface area contributed by atoms with Crippen LogP contribution in [0.4, 0.5) is 17.1 Å². The highest BCUT2D eigenvalue weighted by molar-refractivity contribution is 6.99. The Morgan fingerprint density at radius 2 is 1.07 bits per heavy atom. The second-order valence-electron chi connectivity index (χ2n) is 21.5. The first-order valence-electron chi connectivity index (χ1n) is 31.3. The van der Waals surface area contributed by atoms with Gasteiger partial charge in [0.15, 0.2) is 0 Å². The van der Waals surface area contributed by atoms with Gasteiger partial charge >= 0.3 is 0 Å². The molecular formula is C69H55BN2O. The highest BCUT2D eigenvalue weighted by Crippen LogP contribution is 2.58. The number of aromatic nitrogens is 1. The molecule has 0 radical (unpaired) electrons. The van der Waals surface area contributed by atoms with Crippen LogP contribution in [-0.2, 0) is 16.2 Å². The van der Waals surface area contributed by atoms with Crippen LogP contribution in [0, 0.1) is 0 Å². The van der Waals surface area contributed by atoms with E-state index in [0.29, 0.717) is 28.4 Å². The van der Waals surface area contributed by atoms with Gasteiger partial charge in [-0.3, -0.25) is 0 Å². The summed E-state index contributed by atoms with van der Waals surface area (Å²) >= 11 is 0. The largest absolute Gasteiger partial charge is 0.457 e. The fourth-order valence-electron chi connectivity index (χ4n) is 12.0. The molecule has 0 bridgehead atoms. The van der Waals surface area contributed by atoms with E-state index in [1.54, 1.807) is 4.57 Å². The lowest BCUT2D eigenvalue weighted by Crippen LogP contribution is -2.65. The maximum absolute atomic E-state index is 9.54. The van der Waals surface area contributed by atoms with Crippen LogP contribution in [0.15, 0.2) is 224 Å². The zero-order valence-corrected chi connectivity index (χ0v) is 41.2. The van der Waals surface area contributed by atoms with Gasteiger partial charge in [-0.15, -0.1) is 0 Å².